The maximum Gasteiger partial charge on any atom is 0.220 e. The predicted molar refractivity (Wildman–Crippen MR) is 140 cm³/mol. The lowest BCUT2D eigenvalue weighted by Crippen LogP contribution is -2.55. The third-order valence-electron chi connectivity index (χ3n) is 9.06. The maximum absolute atomic E-state index is 12.6. The Morgan fingerprint density at radius 2 is 1.76 bits per heavy atom. The van der Waals surface area contributed by atoms with Gasteiger partial charge in [0.05, 0.1) is 6.04 Å². The third kappa shape index (κ3) is 6.05. The fraction of sp³-hybridized carbons (Fsp3) is 0.700. The highest BCUT2D eigenvalue weighted by Crippen LogP contribution is 2.53. The molecule has 0 spiro atoms. The number of rotatable bonds is 10. The summed E-state index contributed by atoms with van der Waals surface area (Å²) in [6.45, 7) is 3.28. The molecule has 0 aromatic heterocycles. The van der Waals surface area contributed by atoms with E-state index in [0.29, 0.717) is 18.0 Å². The van der Waals surface area contributed by atoms with Gasteiger partial charge in [-0.25, -0.2) is 0 Å². The lowest BCUT2D eigenvalue weighted by Gasteiger charge is -2.54. The summed E-state index contributed by atoms with van der Waals surface area (Å²) in [4.78, 5) is 12.6. The molecule has 4 bridgehead atoms. The molecule has 0 saturated heterocycles. The molecule has 0 aromatic carbocycles. The normalized spacial score (nSPS) is 35.1. The molecule has 4 heteroatoms. The Kier molecular flexibility index (Phi) is 7.94. The van der Waals surface area contributed by atoms with Crippen LogP contribution >= 0.6 is 0 Å². The van der Waals surface area contributed by atoms with Gasteiger partial charge in [0, 0.05) is 24.4 Å². The molecule has 1 unspecified atom stereocenters. The Balaban J connectivity index is 0.941. The van der Waals surface area contributed by atoms with Crippen LogP contribution in [0.1, 0.15) is 90.4 Å². The number of carbonyl (C=O) groups excluding carboxylic acids is 1. The van der Waals surface area contributed by atoms with E-state index in [4.69, 9.17) is 0 Å². The molecule has 34 heavy (non-hydrogen) atoms. The molecule has 0 radical (unpaired) electrons. The van der Waals surface area contributed by atoms with Gasteiger partial charge in [-0.15, -0.1) is 0 Å². The highest BCUT2D eigenvalue weighted by Gasteiger charge is 2.48. The van der Waals surface area contributed by atoms with Crippen LogP contribution in [0.2, 0.25) is 0 Å². The van der Waals surface area contributed by atoms with Gasteiger partial charge in [0.25, 0.3) is 0 Å². The molecular weight excluding hydrogens is 418 g/mol. The summed E-state index contributed by atoms with van der Waals surface area (Å²) in [5.74, 6) is 3.85. The number of allylic oxidation sites excluding steroid dienone is 4. The van der Waals surface area contributed by atoms with Gasteiger partial charge in [0.1, 0.15) is 0 Å². The Morgan fingerprint density at radius 1 is 1.03 bits per heavy atom. The van der Waals surface area contributed by atoms with Gasteiger partial charge in [0.15, 0.2) is 0 Å². The van der Waals surface area contributed by atoms with Crippen LogP contribution in [-0.4, -0.2) is 24.5 Å². The summed E-state index contributed by atoms with van der Waals surface area (Å²) >= 11 is 0. The van der Waals surface area contributed by atoms with Gasteiger partial charge < -0.3 is 16.0 Å². The molecule has 2 aliphatic heterocycles. The average molecular weight is 464 g/mol. The maximum atomic E-state index is 12.6. The quantitative estimate of drug-likeness (QED) is 0.279. The minimum Gasteiger partial charge on any atom is -0.363 e. The van der Waals surface area contributed by atoms with E-state index in [9.17, 15) is 4.79 Å². The van der Waals surface area contributed by atoms with Gasteiger partial charge in [0.2, 0.25) is 5.91 Å². The highest BCUT2D eigenvalue weighted by atomic mass is 16.1. The van der Waals surface area contributed by atoms with Crippen molar-refractivity contribution < 1.29 is 4.79 Å². The average Bonchev–Trinajstić information content (AvgIpc) is 2.83. The molecule has 4 aliphatic carbocycles. The lowest BCUT2D eigenvalue weighted by atomic mass is 9.54. The van der Waals surface area contributed by atoms with E-state index in [0.717, 1.165) is 55.9 Å². The van der Waals surface area contributed by atoms with E-state index >= 15 is 0 Å². The number of carbonyl (C=O) groups is 1. The minimum absolute atomic E-state index is 0.308. The molecule has 1 atom stereocenters. The van der Waals surface area contributed by atoms with Gasteiger partial charge in [-0.1, -0.05) is 37.0 Å². The number of dihydropyridines is 1. The van der Waals surface area contributed by atoms with Crippen molar-refractivity contribution >= 4 is 5.91 Å². The van der Waals surface area contributed by atoms with Crippen molar-refractivity contribution in [3.05, 3.63) is 47.3 Å². The zero-order valence-corrected chi connectivity index (χ0v) is 21.2. The largest absolute Gasteiger partial charge is 0.363 e. The Bertz CT molecular complexity index is 823. The fourth-order valence-electron chi connectivity index (χ4n) is 7.51. The number of unbranched alkanes of at least 4 members (excludes halogenated alkanes) is 5. The van der Waals surface area contributed by atoms with Crippen LogP contribution in [0.25, 0.3) is 0 Å². The Morgan fingerprint density at radius 3 is 2.53 bits per heavy atom. The van der Waals surface area contributed by atoms with Crippen molar-refractivity contribution in [2.24, 2.45) is 23.7 Å². The second-order valence-corrected chi connectivity index (χ2v) is 11.8. The molecule has 0 aromatic rings. The van der Waals surface area contributed by atoms with E-state index in [1.165, 1.54) is 74.6 Å². The summed E-state index contributed by atoms with van der Waals surface area (Å²) in [5.41, 5.74) is 4.03. The summed E-state index contributed by atoms with van der Waals surface area (Å²) < 4.78 is 0. The topological polar surface area (TPSA) is 53.2 Å². The van der Waals surface area contributed by atoms with Crippen molar-refractivity contribution in [2.45, 2.75) is 102 Å². The molecule has 6 aliphatic rings. The minimum atomic E-state index is 0.308. The number of nitrogens with one attached hydrogen (secondary N) is 3. The van der Waals surface area contributed by atoms with Crippen molar-refractivity contribution in [1.82, 2.24) is 16.0 Å². The number of amides is 1. The van der Waals surface area contributed by atoms with Crippen LogP contribution in [0.3, 0.4) is 0 Å². The predicted octanol–water partition coefficient (Wildman–Crippen LogP) is 5.89. The van der Waals surface area contributed by atoms with E-state index in [2.05, 4.69) is 53.4 Å². The van der Waals surface area contributed by atoms with E-state index in [-0.39, 0.29) is 0 Å². The first kappa shape index (κ1) is 23.9. The zero-order valence-electron chi connectivity index (χ0n) is 21.2. The van der Waals surface area contributed by atoms with Crippen LogP contribution in [-0.2, 0) is 4.79 Å². The summed E-state index contributed by atoms with van der Waals surface area (Å²) in [7, 11) is 0. The molecule has 1 amide bonds. The van der Waals surface area contributed by atoms with Crippen LogP contribution < -0.4 is 16.0 Å². The van der Waals surface area contributed by atoms with Gasteiger partial charge in [-0.05, 0) is 113 Å². The van der Waals surface area contributed by atoms with Crippen molar-refractivity contribution in [2.75, 3.05) is 6.54 Å². The van der Waals surface area contributed by atoms with Crippen molar-refractivity contribution in [3.63, 3.8) is 0 Å². The lowest BCUT2D eigenvalue weighted by molar-refractivity contribution is -0.125. The second-order valence-electron chi connectivity index (χ2n) is 11.8. The number of hydrogen-bond acceptors (Lipinski definition) is 3. The van der Waals surface area contributed by atoms with E-state index < -0.39 is 0 Å². The van der Waals surface area contributed by atoms with Crippen LogP contribution in [0.4, 0.5) is 0 Å². The van der Waals surface area contributed by atoms with Crippen LogP contribution in [0.5, 0.6) is 0 Å². The highest BCUT2D eigenvalue weighted by molar-refractivity contribution is 5.76. The molecular formula is C30H45N3O. The molecule has 186 valence electrons. The Hall–Kier alpha value is -1.81. The van der Waals surface area contributed by atoms with Crippen LogP contribution in [0, 0.1) is 23.7 Å². The molecule has 2 heterocycles. The van der Waals surface area contributed by atoms with Crippen molar-refractivity contribution in [1.29, 1.82) is 0 Å². The van der Waals surface area contributed by atoms with E-state index in [1.807, 2.05) is 0 Å². The molecule has 6 rings (SSSR count). The molecule has 4 saturated carbocycles. The standard InChI is InChI=1S/C30H45N3O/c1-21-10-12-31-27(14-21)28-20-22(11-13-32-28)8-6-4-2-3-5-7-9-29(34)33-30-25-16-23-15-24(18-25)19-26(30)17-23/h8,11,13-14,20,23-27,30-32H,2-7,9-10,12,15-19H2,1H3,(H,33,34). The molecule has 4 fully saturated rings. The first-order chi connectivity index (χ1) is 16.6. The van der Waals surface area contributed by atoms with Crippen LogP contribution in [0.15, 0.2) is 47.3 Å². The number of hydrogen-bond donors (Lipinski definition) is 3. The third-order valence-corrected chi connectivity index (χ3v) is 9.06. The van der Waals surface area contributed by atoms with Gasteiger partial charge in [-0.3, -0.25) is 4.79 Å². The van der Waals surface area contributed by atoms with Crippen molar-refractivity contribution in [3.8, 4) is 0 Å². The Labute approximate surface area is 206 Å². The monoisotopic (exact) mass is 463 g/mol. The van der Waals surface area contributed by atoms with E-state index in [1.54, 1.807) is 0 Å². The first-order valence-corrected chi connectivity index (χ1v) is 14.2. The molecule has 4 nitrogen and oxygen atoms in total. The summed E-state index contributed by atoms with van der Waals surface area (Å²) in [5, 5.41) is 10.5. The summed E-state index contributed by atoms with van der Waals surface area (Å²) in [6, 6.07) is 0.809. The second kappa shape index (κ2) is 11.3. The SMILES string of the molecule is CC1=CC(C2=CC(=CCCCCCCCC(=O)NC3C4CC5CC(C4)CC3C5)C=CN2)NCC1. The molecule has 3 N–H and O–H groups in total. The summed E-state index contributed by atoms with van der Waals surface area (Å²) in [6.07, 6.45) is 27.2. The first-order valence-electron chi connectivity index (χ1n) is 14.2. The van der Waals surface area contributed by atoms with Gasteiger partial charge >= 0.3 is 0 Å². The fourth-order valence-corrected chi connectivity index (χ4v) is 7.51. The van der Waals surface area contributed by atoms with Gasteiger partial charge in [-0.2, -0.15) is 0 Å². The zero-order chi connectivity index (χ0) is 23.3. The smallest absolute Gasteiger partial charge is 0.220 e.